The molecule has 0 amide bonds. The van der Waals surface area contributed by atoms with E-state index < -0.39 is 0 Å². The minimum Gasteiger partial charge on any atom is -0.353 e. The van der Waals surface area contributed by atoms with Gasteiger partial charge in [-0.05, 0) is 38.3 Å². The molecule has 0 aromatic carbocycles. The Morgan fingerprint density at radius 2 is 1.66 bits per heavy atom. The summed E-state index contributed by atoms with van der Waals surface area (Å²) in [6, 6.07) is 4.17. The molecule has 7 heteroatoms. The molecule has 3 aromatic rings. The molecule has 0 radical (unpaired) electrons. The zero-order valence-corrected chi connectivity index (χ0v) is 17.8. The third kappa shape index (κ3) is 3.32. The summed E-state index contributed by atoms with van der Waals surface area (Å²) in [6.45, 7) is 12.4. The van der Waals surface area contributed by atoms with Crippen molar-refractivity contribution in [2.75, 3.05) is 36.0 Å². The average molecular weight is 392 g/mol. The number of anilines is 2. The van der Waals surface area contributed by atoms with Gasteiger partial charge in [0.05, 0.1) is 11.9 Å². The highest BCUT2D eigenvalue weighted by atomic mass is 15.4. The monoisotopic (exact) mass is 391 g/mol. The van der Waals surface area contributed by atoms with Crippen molar-refractivity contribution in [2.24, 2.45) is 0 Å². The van der Waals surface area contributed by atoms with Crippen LogP contribution in [0.25, 0.3) is 5.65 Å². The molecule has 1 aliphatic heterocycles. The van der Waals surface area contributed by atoms with Gasteiger partial charge < -0.3 is 9.80 Å². The molecule has 152 valence electrons. The van der Waals surface area contributed by atoms with Crippen molar-refractivity contribution in [1.82, 2.24) is 24.6 Å². The van der Waals surface area contributed by atoms with Crippen LogP contribution in [0.1, 0.15) is 50.0 Å². The standard InChI is InChI=1S/C22H29N7/c1-15-23-17-7-5-6-16(17)21(24-15)28-12-10-27(11-13-28)20-9-8-19-25-18(22(2,3)4)14-29(19)26-20/h8-9,14H,5-7,10-13H2,1-4H3. The second kappa shape index (κ2) is 6.68. The maximum atomic E-state index is 4.84. The predicted octanol–water partition coefficient (Wildman–Crippen LogP) is 2.94. The highest BCUT2D eigenvalue weighted by Gasteiger charge is 2.26. The molecule has 4 heterocycles. The van der Waals surface area contributed by atoms with Crippen molar-refractivity contribution in [3.05, 3.63) is 41.1 Å². The molecule has 1 saturated heterocycles. The third-order valence-corrected chi connectivity index (χ3v) is 6.00. The Labute approximate surface area is 171 Å². The van der Waals surface area contributed by atoms with Gasteiger partial charge in [0.25, 0.3) is 0 Å². The summed E-state index contributed by atoms with van der Waals surface area (Å²) in [6.07, 6.45) is 5.46. The lowest BCUT2D eigenvalue weighted by atomic mass is 9.93. The van der Waals surface area contributed by atoms with Crippen molar-refractivity contribution in [1.29, 1.82) is 0 Å². The van der Waals surface area contributed by atoms with E-state index in [1.165, 1.54) is 17.7 Å². The number of hydrogen-bond acceptors (Lipinski definition) is 6. The van der Waals surface area contributed by atoms with E-state index in [0.29, 0.717) is 0 Å². The average Bonchev–Trinajstić information content (AvgIpc) is 3.33. The molecule has 0 spiro atoms. The molecule has 1 aliphatic carbocycles. The van der Waals surface area contributed by atoms with Crippen molar-refractivity contribution >= 4 is 17.3 Å². The molecule has 0 saturated carbocycles. The molecule has 3 aromatic heterocycles. The molecule has 0 N–H and O–H groups in total. The minimum atomic E-state index is 0.0232. The van der Waals surface area contributed by atoms with Gasteiger partial charge in [0.15, 0.2) is 5.65 Å². The maximum Gasteiger partial charge on any atom is 0.153 e. The Morgan fingerprint density at radius 3 is 2.41 bits per heavy atom. The first-order chi connectivity index (χ1) is 13.9. The number of fused-ring (bicyclic) bond motifs is 2. The number of aromatic nitrogens is 5. The van der Waals surface area contributed by atoms with E-state index in [1.807, 2.05) is 11.4 Å². The van der Waals surface area contributed by atoms with Crippen LogP contribution in [0.2, 0.25) is 0 Å². The van der Waals surface area contributed by atoms with Crippen LogP contribution >= 0.6 is 0 Å². The Morgan fingerprint density at radius 1 is 0.897 bits per heavy atom. The SMILES string of the molecule is Cc1nc2c(c(N3CCN(c4ccc5nc(C(C)(C)C)cn5n4)CC3)n1)CCC2. The van der Waals surface area contributed by atoms with Crippen LogP contribution in [0.3, 0.4) is 0 Å². The highest BCUT2D eigenvalue weighted by Crippen LogP contribution is 2.30. The van der Waals surface area contributed by atoms with Crippen LogP contribution in [0.15, 0.2) is 18.3 Å². The molecule has 0 unspecified atom stereocenters. The van der Waals surface area contributed by atoms with Gasteiger partial charge in [-0.25, -0.2) is 19.5 Å². The highest BCUT2D eigenvalue weighted by molar-refractivity contribution is 5.54. The van der Waals surface area contributed by atoms with E-state index in [4.69, 9.17) is 15.1 Å². The van der Waals surface area contributed by atoms with Crippen LogP contribution < -0.4 is 9.80 Å². The summed E-state index contributed by atoms with van der Waals surface area (Å²) in [7, 11) is 0. The number of rotatable bonds is 2. The molecule has 7 nitrogen and oxygen atoms in total. The minimum absolute atomic E-state index is 0.0232. The van der Waals surface area contributed by atoms with E-state index in [-0.39, 0.29) is 5.41 Å². The van der Waals surface area contributed by atoms with Gasteiger partial charge in [-0.1, -0.05) is 20.8 Å². The Kier molecular flexibility index (Phi) is 4.22. The molecule has 29 heavy (non-hydrogen) atoms. The summed E-state index contributed by atoms with van der Waals surface area (Å²) in [5.74, 6) is 3.07. The largest absolute Gasteiger partial charge is 0.353 e. The first-order valence-corrected chi connectivity index (χ1v) is 10.6. The molecule has 0 bridgehead atoms. The number of imidazole rings is 1. The third-order valence-electron chi connectivity index (χ3n) is 6.00. The van der Waals surface area contributed by atoms with E-state index in [2.05, 4.69) is 53.9 Å². The number of nitrogens with zero attached hydrogens (tertiary/aromatic N) is 7. The zero-order chi connectivity index (χ0) is 20.2. The predicted molar refractivity (Wildman–Crippen MR) is 115 cm³/mol. The summed E-state index contributed by atoms with van der Waals surface area (Å²) in [5.41, 5.74) is 4.63. The lowest BCUT2D eigenvalue weighted by Gasteiger charge is -2.36. The maximum absolute atomic E-state index is 4.84. The van der Waals surface area contributed by atoms with Gasteiger partial charge in [-0.15, -0.1) is 5.10 Å². The van der Waals surface area contributed by atoms with Crippen LogP contribution in [-0.4, -0.2) is 50.7 Å². The van der Waals surface area contributed by atoms with Crippen LogP contribution in [0.4, 0.5) is 11.6 Å². The topological polar surface area (TPSA) is 62.5 Å². The quantitative estimate of drug-likeness (QED) is 0.669. The molecular formula is C22H29N7. The lowest BCUT2D eigenvalue weighted by molar-refractivity contribution is 0.572. The molecule has 1 fully saturated rings. The smallest absolute Gasteiger partial charge is 0.153 e. The van der Waals surface area contributed by atoms with Crippen molar-refractivity contribution < 1.29 is 0 Å². The lowest BCUT2D eigenvalue weighted by Crippen LogP contribution is -2.47. The van der Waals surface area contributed by atoms with E-state index >= 15 is 0 Å². The van der Waals surface area contributed by atoms with Gasteiger partial charge in [-0.2, -0.15) is 0 Å². The van der Waals surface area contributed by atoms with Gasteiger partial charge in [0, 0.05) is 42.9 Å². The Hall–Kier alpha value is -2.70. The van der Waals surface area contributed by atoms with E-state index in [0.717, 1.165) is 67.8 Å². The van der Waals surface area contributed by atoms with Gasteiger partial charge in [0.1, 0.15) is 17.5 Å². The first-order valence-electron chi connectivity index (χ1n) is 10.6. The molecular weight excluding hydrogens is 362 g/mol. The summed E-state index contributed by atoms with van der Waals surface area (Å²) in [4.78, 5) is 19.0. The first kappa shape index (κ1) is 18.3. The van der Waals surface area contributed by atoms with Gasteiger partial charge in [-0.3, -0.25) is 0 Å². The Balaban J connectivity index is 1.35. The van der Waals surface area contributed by atoms with E-state index in [9.17, 15) is 0 Å². The molecule has 0 atom stereocenters. The second-order valence-corrected chi connectivity index (χ2v) is 9.22. The van der Waals surface area contributed by atoms with Gasteiger partial charge >= 0.3 is 0 Å². The van der Waals surface area contributed by atoms with Gasteiger partial charge in [0.2, 0.25) is 0 Å². The number of aryl methyl sites for hydroxylation is 2. The van der Waals surface area contributed by atoms with E-state index in [1.54, 1.807) is 0 Å². The van der Waals surface area contributed by atoms with Crippen LogP contribution in [-0.2, 0) is 18.3 Å². The van der Waals surface area contributed by atoms with Crippen molar-refractivity contribution in [3.63, 3.8) is 0 Å². The Bertz CT molecular complexity index is 1050. The van der Waals surface area contributed by atoms with Crippen molar-refractivity contribution in [3.8, 4) is 0 Å². The summed E-state index contributed by atoms with van der Waals surface area (Å²) < 4.78 is 1.92. The van der Waals surface area contributed by atoms with Crippen molar-refractivity contribution in [2.45, 2.75) is 52.4 Å². The molecule has 5 rings (SSSR count). The van der Waals surface area contributed by atoms with Crippen LogP contribution in [0.5, 0.6) is 0 Å². The second-order valence-electron chi connectivity index (χ2n) is 9.22. The number of piperazine rings is 1. The summed E-state index contributed by atoms with van der Waals surface area (Å²) >= 11 is 0. The fraction of sp³-hybridized carbons (Fsp3) is 0.545. The number of hydrogen-bond donors (Lipinski definition) is 0. The zero-order valence-electron chi connectivity index (χ0n) is 17.8. The molecule has 2 aliphatic rings. The fourth-order valence-electron chi connectivity index (χ4n) is 4.34. The normalized spacial score (nSPS) is 17.2. The van der Waals surface area contributed by atoms with Crippen LogP contribution in [0, 0.1) is 6.92 Å². The summed E-state index contributed by atoms with van der Waals surface area (Å²) in [5, 5.41) is 4.84. The fourth-order valence-corrected chi connectivity index (χ4v) is 4.34.